The van der Waals surface area contributed by atoms with Crippen LogP contribution in [-0.2, 0) is 6.54 Å². The van der Waals surface area contributed by atoms with E-state index in [1.807, 2.05) is 18.6 Å². The Bertz CT molecular complexity index is 560. The minimum Gasteiger partial charge on any atom is -0.396 e. The molecule has 0 saturated heterocycles. The van der Waals surface area contributed by atoms with E-state index in [2.05, 4.69) is 32.2 Å². The van der Waals surface area contributed by atoms with Crippen molar-refractivity contribution in [2.24, 2.45) is 5.92 Å². The van der Waals surface area contributed by atoms with Crippen molar-refractivity contribution in [3.63, 3.8) is 0 Å². The highest BCUT2D eigenvalue weighted by molar-refractivity contribution is 5.45. The molecule has 0 bridgehead atoms. The SMILES string of the molecule is CCn1ccnc1-c1nccn1[C@@H]1CCC[C@H](CO)C1. The molecule has 1 saturated carbocycles. The van der Waals surface area contributed by atoms with Crippen LogP contribution in [0.4, 0.5) is 0 Å². The standard InChI is InChI=1S/C15H22N4O/c1-2-18-8-6-16-14(18)15-17-7-9-19(15)13-5-3-4-12(10-13)11-20/h6-9,12-13,20H,2-5,10-11H2,1H3/t12-,13+/m0/s1. The van der Waals surface area contributed by atoms with Crippen LogP contribution >= 0.6 is 0 Å². The smallest absolute Gasteiger partial charge is 0.176 e. The highest BCUT2D eigenvalue weighted by Gasteiger charge is 2.25. The normalized spacial score (nSPS) is 23.1. The van der Waals surface area contributed by atoms with Crippen LogP contribution in [0.5, 0.6) is 0 Å². The number of nitrogens with zero attached hydrogens (tertiary/aromatic N) is 4. The molecule has 0 spiro atoms. The zero-order valence-electron chi connectivity index (χ0n) is 11.9. The van der Waals surface area contributed by atoms with Gasteiger partial charge in [0, 0.05) is 44.0 Å². The van der Waals surface area contributed by atoms with Crippen molar-refractivity contribution in [2.75, 3.05) is 6.61 Å². The molecule has 0 unspecified atom stereocenters. The molecule has 1 N–H and O–H groups in total. The van der Waals surface area contributed by atoms with Crippen LogP contribution in [0.1, 0.15) is 38.6 Å². The fourth-order valence-corrected chi connectivity index (χ4v) is 3.23. The molecule has 0 aromatic carbocycles. The van der Waals surface area contributed by atoms with Gasteiger partial charge in [-0.3, -0.25) is 0 Å². The van der Waals surface area contributed by atoms with Gasteiger partial charge in [-0.1, -0.05) is 6.42 Å². The molecule has 1 fully saturated rings. The fourth-order valence-electron chi connectivity index (χ4n) is 3.23. The second kappa shape index (κ2) is 5.79. The molecule has 20 heavy (non-hydrogen) atoms. The van der Waals surface area contributed by atoms with Gasteiger partial charge in [0.1, 0.15) is 0 Å². The Hall–Kier alpha value is -1.62. The third-order valence-corrected chi connectivity index (χ3v) is 4.33. The highest BCUT2D eigenvalue weighted by Crippen LogP contribution is 2.34. The molecule has 5 heteroatoms. The topological polar surface area (TPSA) is 55.9 Å². The van der Waals surface area contributed by atoms with Crippen molar-refractivity contribution in [3.8, 4) is 11.6 Å². The number of aliphatic hydroxyl groups excluding tert-OH is 1. The largest absolute Gasteiger partial charge is 0.396 e. The van der Waals surface area contributed by atoms with E-state index < -0.39 is 0 Å². The van der Waals surface area contributed by atoms with Gasteiger partial charge in [-0.25, -0.2) is 9.97 Å². The van der Waals surface area contributed by atoms with Gasteiger partial charge >= 0.3 is 0 Å². The summed E-state index contributed by atoms with van der Waals surface area (Å²) in [7, 11) is 0. The molecule has 3 rings (SSSR count). The molecule has 0 amide bonds. The molecule has 2 atom stereocenters. The molecule has 2 aromatic heterocycles. The highest BCUT2D eigenvalue weighted by atomic mass is 16.3. The van der Waals surface area contributed by atoms with Crippen molar-refractivity contribution < 1.29 is 5.11 Å². The molecule has 108 valence electrons. The van der Waals surface area contributed by atoms with Gasteiger partial charge in [0.15, 0.2) is 11.6 Å². The van der Waals surface area contributed by atoms with E-state index in [4.69, 9.17) is 0 Å². The van der Waals surface area contributed by atoms with Gasteiger partial charge in [-0.05, 0) is 32.1 Å². The lowest BCUT2D eigenvalue weighted by Gasteiger charge is -2.29. The molecule has 0 aliphatic heterocycles. The van der Waals surface area contributed by atoms with Crippen molar-refractivity contribution in [3.05, 3.63) is 24.8 Å². The second-order valence-electron chi connectivity index (χ2n) is 5.56. The summed E-state index contributed by atoms with van der Waals surface area (Å²) in [5.74, 6) is 2.30. The van der Waals surface area contributed by atoms with Crippen molar-refractivity contribution in [2.45, 2.75) is 45.2 Å². The van der Waals surface area contributed by atoms with Crippen molar-refractivity contribution in [1.82, 2.24) is 19.1 Å². The molecule has 5 nitrogen and oxygen atoms in total. The first-order valence-electron chi connectivity index (χ1n) is 7.48. The van der Waals surface area contributed by atoms with Crippen LogP contribution in [-0.4, -0.2) is 30.8 Å². The molecule has 1 aliphatic rings. The van der Waals surface area contributed by atoms with Crippen molar-refractivity contribution >= 4 is 0 Å². The first-order chi connectivity index (χ1) is 9.83. The predicted octanol–water partition coefficient (Wildman–Crippen LogP) is 2.49. The Labute approximate surface area is 119 Å². The Morgan fingerprint density at radius 1 is 1.20 bits per heavy atom. The third kappa shape index (κ3) is 2.38. The van der Waals surface area contributed by atoms with Gasteiger partial charge in [0.05, 0.1) is 0 Å². The monoisotopic (exact) mass is 274 g/mol. The Balaban J connectivity index is 1.90. The number of aliphatic hydroxyl groups is 1. The lowest BCUT2D eigenvalue weighted by atomic mass is 9.86. The minimum atomic E-state index is 0.296. The van der Waals surface area contributed by atoms with Gasteiger partial charge in [-0.2, -0.15) is 0 Å². The molecule has 2 aromatic rings. The lowest BCUT2D eigenvalue weighted by Crippen LogP contribution is -2.22. The van der Waals surface area contributed by atoms with E-state index in [1.165, 1.54) is 6.42 Å². The summed E-state index contributed by atoms with van der Waals surface area (Å²) in [6.45, 7) is 3.30. The van der Waals surface area contributed by atoms with Crippen LogP contribution in [0.15, 0.2) is 24.8 Å². The maximum atomic E-state index is 9.40. The van der Waals surface area contributed by atoms with E-state index in [0.29, 0.717) is 18.6 Å². The first-order valence-corrected chi connectivity index (χ1v) is 7.48. The summed E-state index contributed by atoms with van der Waals surface area (Å²) in [5.41, 5.74) is 0. The van der Waals surface area contributed by atoms with E-state index in [0.717, 1.165) is 37.5 Å². The van der Waals surface area contributed by atoms with Crippen LogP contribution < -0.4 is 0 Å². The van der Waals surface area contributed by atoms with Crippen LogP contribution in [0.25, 0.3) is 11.6 Å². The number of hydrogen-bond acceptors (Lipinski definition) is 3. The maximum Gasteiger partial charge on any atom is 0.176 e. The average molecular weight is 274 g/mol. The summed E-state index contributed by atoms with van der Waals surface area (Å²) in [6, 6.07) is 0.431. The average Bonchev–Trinajstić information content (AvgIpc) is 3.15. The fraction of sp³-hybridized carbons (Fsp3) is 0.600. The summed E-state index contributed by atoms with van der Waals surface area (Å²) < 4.78 is 4.36. The second-order valence-corrected chi connectivity index (χ2v) is 5.56. The number of imidazole rings is 2. The summed E-state index contributed by atoms with van der Waals surface area (Å²) in [4.78, 5) is 8.96. The molecule has 1 aliphatic carbocycles. The summed E-state index contributed by atoms with van der Waals surface area (Å²) in [6.07, 6.45) is 12.2. The predicted molar refractivity (Wildman–Crippen MR) is 77.2 cm³/mol. The van der Waals surface area contributed by atoms with Gasteiger partial charge < -0.3 is 14.2 Å². The summed E-state index contributed by atoms with van der Waals surface area (Å²) in [5, 5.41) is 9.40. The van der Waals surface area contributed by atoms with Crippen molar-refractivity contribution in [1.29, 1.82) is 0 Å². The Kier molecular flexibility index (Phi) is 3.87. The molecular formula is C15H22N4O. The lowest BCUT2D eigenvalue weighted by molar-refractivity contribution is 0.163. The minimum absolute atomic E-state index is 0.296. The van der Waals surface area contributed by atoms with E-state index in [1.54, 1.807) is 0 Å². The van der Waals surface area contributed by atoms with Gasteiger partial charge in [-0.15, -0.1) is 0 Å². The zero-order valence-corrected chi connectivity index (χ0v) is 11.9. The Morgan fingerprint density at radius 2 is 2.00 bits per heavy atom. The maximum absolute atomic E-state index is 9.40. The van der Waals surface area contributed by atoms with Crippen LogP contribution in [0.2, 0.25) is 0 Å². The first kappa shape index (κ1) is 13.4. The van der Waals surface area contributed by atoms with E-state index >= 15 is 0 Å². The molecular weight excluding hydrogens is 252 g/mol. The molecule has 0 radical (unpaired) electrons. The zero-order chi connectivity index (χ0) is 13.9. The Morgan fingerprint density at radius 3 is 2.80 bits per heavy atom. The number of rotatable bonds is 4. The summed E-state index contributed by atoms with van der Waals surface area (Å²) >= 11 is 0. The quantitative estimate of drug-likeness (QED) is 0.932. The third-order valence-electron chi connectivity index (χ3n) is 4.33. The molecule has 2 heterocycles. The van der Waals surface area contributed by atoms with Crippen LogP contribution in [0, 0.1) is 5.92 Å². The number of hydrogen-bond donors (Lipinski definition) is 1. The van der Waals surface area contributed by atoms with Gasteiger partial charge in [0.2, 0.25) is 0 Å². The number of aromatic nitrogens is 4. The van der Waals surface area contributed by atoms with E-state index in [9.17, 15) is 5.11 Å². The van der Waals surface area contributed by atoms with Crippen LogP contribution in [0.3, 0.4) is 0 Å². The van der Waals surface area contributed by atoms with E-state index in [-0.39, 0.29) is 0 Å². The van der Waals surface area contributed by atoms with Gasteiger partial charge in [0.25, 0.3) is 0 Å². The number of aryl methyl sites for hydroxylation is 1.